The minimum atomic E-state index is -0.206. The van der Waals surface area contributed by atoms with E-state index in [2.05, 4.69) is 26.5 Å². The second-order valence-electron chi connectivity index (χ2n) is 6.28. The topological polar surface area (TPSA) is 70.7 Å². The van der Waals surface area contributed by atoms with Crippen LogP contribution in [0.5, 0.6) is 0 Å². The summed E-state index contributed by atoms with van der Waals surface area (Å²) in [6.07, 6.45) is 2.83. The van der Waals surface area contributed by atoms with Gasteiger partial charge in [0.1, 0.15) is 11.5 Å². The van der Waals surface area contributed by atoms with Gasteiger partial charge in [0.05, 0.1) is 17.1 Å². The van der Waals surface area contributed by atoms with Crippen LogP contribution < -0.4 is 5.32 Å². The summed E-state index contributed by atoms with van der Waals surface area (Å²) < 4.78 is 0.392. The number of nitrogens with zero attached hydrogens (tertiary/aromatic N) is 2. The first-order valence-corrected chi connectivity index (χ1v) is 11.0. The summed E-state index contributed by atoms with van der Waals surface area (Å²) in [5.41, 5.74) is 2.27. The third-order valence-corrected chi connectivity index (χ3v) is 6.12. The van der Waals surface area contributed by atoms with E-state index in [0.717, 1.165) is 33.9 Å². The van der Waals surface area contributed by atoms with Crippen LogP contribution in [0, 0.1) is 0 Å². The normalized spacial score (nSPS) is 12.7. The lowest BCUT2D eigenvalue weighted by Gasteiger charge is -2.16. The Morgan fingerprint density at radius 3 is 2.81 bits per heavy atom. The van der Waals surface area contributed by atoms with Crippen molar-refractivity contribution in [2.45, 2.75) is 32.2 Å². The number of rotatable bonds is 7. The Morgan fingerprint density at radius 2 is 2.12 bits per heavy atom. The maximum Gasteiger partial charge on any atom is 0.271 e. The maximum absolute atomic E-state index is 12.9. The first-order valence-electron chi connectivity index (χ1n) is 8.40. The third-order valence-electron chi connectivity index (χ3n) is 4.02. The molecule has 5 nitrogen and oxygen atoms in total. The van der Waals surface area contributed by atoms with Crippen molar-refractivity contribution < 1.29 is 4.79 Å². The Hall–Kier alpha value is -1.57. The first-order chi connectivity index (χ1) is 12.5. The number of para-hydroxylation sites is 2. The molecular formula is C18H21ClN4OS2. The number of thioether (sulfide) groups is 1. The zero-order valence-corrected chi connectivity index (χ0v) is 17.3. The van der Waals surface area contributed by atoms with Crippen molar-refractivity contribution in [3.05, 3.63) is 45.1 Å². The molecule has 2 aromatic heterocycles. The maximum atomic E-state index is 12.9. The van der Waals surface area contributed by atoms with Gasteiger partial charge < -0.3 is 10.3 Å². The molecule has 0 bridgehead atoms. The second kappa shape index (κ2) is 8.41. The Morgan fingerprint density at radius 1 is 1.35 bits per heavy atom. The molecule has 0 fully saturated rings. The Bertz CT molecular complexity index is 873. The number of hydrogen-bond acceptors (Lipinski definition) is 5. The van der Waals surface area contributed by atoms with Gasteiger partial charge in [0, 0.05) is 4.88 Å². The van der Waals surface area contributed by atoms with Crippen LogP contribution >= 0.6 is 34.7 Å². The predicted molar refractivity (Wildman–Crippen MR) is 111 cm³/mol. The predicted octanol–water partition coefficient (Wildman–Crippen LogP) is 5.02. The summed E-state index contributed by atoms with van der Waals surface area (Å²) in [5, 5.41) is 3.09. The van der Waals surface area contributed by atoms with Gasteiger partial charge in [-0.25, -0.2) is 9.97 Å². The third kappa shape index (κ3) is 4.22. The van der Waals surface area contributed by atoms with Gasteiger partial charge in [-0.1, -0.05) is 37.6 Å². The number of imidazole rings is 1. The fourth-order valence-corrected chi connectivity index (χ4v) is 4.33. The second-order valence-corrected chi connectivity index (χ2v) is 8.88. The van der Waals surface area contributed by atoms with E-state index in [-0.39, 0.29) is 17.9 Å². The molecule has 138 valence electrons. The largest absolute Gasteiger partial charge is 0.341 e. The number of hydrogen-bond donors (Lipinski definition) is 2. The van der Waals surface area contributed by atoms with E-state index < -0.39 is 0 Å². The summed E-state index contributed by atoms with van der Waals surface area (Å²) in [6, 6.07) is 7.65. The zero-order valence-electron chi connectivity index (χ0n) is 14.9. The lowest BCUT2D eigenvalue weighted by atomic mass is 10.1. The number of H-pyrrole nitrogens is 1. The average molecular weight is 409 g/mol. The van der Waals surface area contributed by atoms with E-state index >= 15 is 0 Å². The van der Waals surface area contributed by atoms with E-state index in [0.29, 0.717) is 10.2 Å². The summed E-state index contributed by atoms with van der Waals surface area (Å²) >= 11 is 9.15. The number of carbonyl (C=O) groups is 1. The molecule has 0 saturated heterocycles. The van der Waals surface area contributed by atoms with Gasteiger partial charge in [-0.3, -0.25) is 4.79 Å². The molecule has 8 heteroatoms. The van der Waals surface area contributed by atoms with Crippen LogP contribution in [0.25, 0.3) is 11.0 Å². The molecule has 26 heavy (non-hydrogen) atoms. The van der Waals surface area contributed by atoms with Crippen LogP contribution in [0.4, 0.5) is 0 Å². The molecule has 0 unspecified atom stereocenters. The van der Waals surface area contributed by atoms with Crippen LogP contribution in [0.1, 0.15) is 53.4 Å². The van der Waals surface area contributed by atoms with Gasteiger partial charge in [-0.05, 0) is 36.5 Å². The van der Waals surface area contributed by atoms with Gasteiger partial charge in [-0.2, -0.15) is 11.8 Å². The van der Waals surface area contributed by atoms with Gasteiger partial charge in [0.15, 0.2) is 4.47 Å². The Balaban J connectivity index is 1.87. The minimum Gasteiger partial charge on any atom is -0.341 e. The van der Waals surface area contributed by atoms with Crippen molar-refractivity contribution >= 4 is 51.6 Å². The van der Waals surface area contributed by atoms with Crippen molar-refractivity contribution in [3.63, 3.8) is 0 Å². The number of halogens is 1. The summed E-state index contributed by atoms with van der Waals surface area (Å²) in [4.78, 5) is 26.0. The molecule has 0 spiro atoms. The smallest absolute Gasteiger partial charge is 0.271 e. The average Bonchev–Trinajstić information content (AvgIpc) is 3.21. The van der Waals surface area contributed by atoms with E-state index in [9.17, 15) is 4.79 Å². The molecule has 3 rings (SSSR count). The molecule has 1 atom stereocenters. The van der Waals surface area contributed by atoms with Gasteiger partial charge >= 0.3 is 0 Å². The van der Waals surface area contributed by atoms with E-state index in [1.165, 1.54) is 11.3 Å². The molecule has 1 aromatic carbocycles. The molecule has 2 heterocycles. The van der Waals surface area contributed by atoms with E-state index in [1.54, 1.807) is 11.8 Å². The van der Waals surface area contributed by atoms with Crippen LogP contribution in [-0.2, 0) is 0 Å². The molecule has 2 N–H and O–H groups in total. The Kier molecular flexibility index (Phi) is 6.21. The van der Waals surface area contributed by atoms with Crippen LogP contribution in [0.15, 0.2) is 24.3 Å². The summed E-state index contributed by atoms with van der Waals surface area (Å²) in [6.45, 7) is 4.07. The van der Waals surface area contributed by atoms with Gasteiger partial charge in [0.25, 0.3) is 5.91 Å². The molecule has 0 aliphatic carbocycles. The summed E-state index contributed by atoms with van der Waals surface area (Å²) in [5.74, 6) is 1.66. The highest BCUT2D eigenvalue weighted by Crippen LogP contribution is 2.30. The van der Waals surface area contributed by atoms with Crippen molar-refractivity contribution in [1.29, 1.82) is 0 Å². The molecule has 1 amide bonds. The quantitative estimate of drug-likeness (QED) is 0.575. The zero-order chi connectivity index (χ0) is 18.7. The van der Waals surface area contributed by atoms with Gasteiger partial charge in [0.2, 0.25) is 0 Å². The van der Waals surface area contributed by atoms with E-state index in [1.807, 2.05) is 38.1 Å². The number of fused-ring (bicyclic) bond motifs is 1. The highest BCUT2D eigenvalue weighted by Gasteiger charge is 2.24. The fourth-order valence-electron chi connectivity index (χ4n) is 2.74. The number of aromatic nitrogens is 3. The number of nitrogens with one attached hydrogen (secondary N) is 2. The molecular weight excluding hydrogens is 388 g/mol. The minimum absolute atomic E-state index is 0.191. The van der Waals surface area contributed by atoms with E-state index in [4.69, 9.17) is 11.6 Å². The molecule has 3 aromatic rings. The number of carbonyl (C=O) groups excluding carboxylic acids is 1. The summed E-state index contributed by atoms with van der Waals surface area (Å²) in [7, 11) is 0. The Labute approximate surface area is 166 Å². The number of benzene rings is 1. The number of aromatic amines is 1. The van der Waals surface area contributed by atoms with Crippen LogP contribution in [0.2, 0.25) is 4.47 Å². The van der Waals surface area contributed by atoms with Crippen LogP contribution in [0.3, 0.4) is 0 Å². The number of thiazole rings is 1. The lowest BCUT2D eigenvalue weighted by molar-refractivity contribution is 0.0928. The monoisotopic (exact) mass is 408 g/mol. The molecule has 0 saturated carbocycles. The van der Waals surface area contributed by atoms with Crippen LogP contribution in [-0.4, -0.2) is 32.9 Å². The molecule has 0 aliphatic rings. The fraction of sp³-hybridized carbons (Fsp3) is 0.389. The molecule has 0 aliphatic heterocycles. The van der Waals surface area contributed by atoms with Crippen molar-refractivity contribution in [2.24, 2.45) is 0 Å². The highest BCUT2D eigenvalue weighted by atomic mass is 35.5. The standard InChI is InChI=1S/C18H21ClN4OS2/c1-10(2)15-14(23-18(19)26-15)17(24)22-13(8-9-25-3)16-20-11-6-4-5-7-12(11)21-16/h4-7,10,13H,8-9H2,1-3H3,(H,20,21)(H,22,24)/t13-/m0/s1. The van der Waals surface area contributed by atoms with Crippen molar-refractivity contribution in [3.8, 4) is 0 Å². The first kappa shape index (κ1) is 19.2. The van der Waals surface area contributed by atoms with Gasteiger partial charge in [-0.15, -0.1) is 11.3 Å². The van der Waals surface area contributed by atoms with Crippen molar-refractivity contribution in [2.75, 3.05) is 12.0 Å². The van der Waals surface area contributed by atoms with Crippen molar-refractivity contribution in [1.82, 2.24) is 20.3 Å². The SMILES string of the molecule is CSCC[C@H](NC(=O)c1nc(Cl)sc1C(C)C)c1nc2ccccc2[nH]1. The number of amides is 1. The highest BCUT2D eigenvalue weighted by molar-refractivity contribution is 7.98. The lowest BCUT2D eigenvalue weighted by Crippen LogP contribution is -2.30. The molecule has 0 radical (unpaired) electrons.